The van der Waals surface area contributed by atoms with Crippen molar-refractivity contribution >= 4 is 29.0 Å². The van der Waals surface area contributed by atoms with E-state index in [1.54, 1.807) is 11.8 Å². The molecule has 0 spiro atoms. The van der Waals surface area contributed by atoms with Crippen LogP contribution >= 0.6 is 11.6 Å². The molecule has 0 saturated carbocycles. The van der Waals surface area contributed by atoms with E-state index in [0.29, 0.717) is 18.7 Å². The van der Waals surface area contributed by atoms with Gasteiger partial charge in [-0.25, -0.2) is 4.98 Å². The van der Waals surface area contributed by atoms with Crippen molar-refractivity contribution < 1.29 is 22.9 Å². The van der Waals surface area contributed by atoms with Crippen LogP contribution in [0.2, 0.25) is 5.02 Å². The lowest BCUT2D eigenvalue weighted by atomic mass is 10.1. The van der Waals surface area contributed by atoms with Crippen LogP contribution in [0.3, 0.4) is 0 Å². The molecule has 3 rings (SSSR count). The monoisotopic (exact) mass is 428 g/mol. The molecule has 1 amide bonds. The van der Waals surface area contributed by atoms with Crippen molar-refractivity contribution in [1.29, 1.82) is 0 Å². The minimum Gasteiger partial charge on any atom is -0.352 e. The molecule has 7 nitrogen and oxygen atoms in total. The molecule has 29 heavy (non-hydrogen) atoms. The third-order valence-electron chi connectivity index (χ3n) is 4.67. The SMILES string of the molecule is Cc1ccc(C(=O)N2CCN(c3ncc(C(F)(F)F)cc3Cl)CC2)cc1[N+](=O)[O-]. The summed E-state index contributed by atoms with van der Waals surface area (Å²) in [7, 11) is 0. The molecule has 11 heteroatoms. The molecule has 0 atom stereocenters. The largest absolute Gasteiger partial charge is 0.417 e. The number of hydrogen-bond acceptors (Lipinski definition) is 5. The average Bonchev–Trinajstić information content (AvgIpc) is 2.67. The fourth-order valence-electron chi connectivity index (χ4n) is 3.06. The topological polar surface area (TPSA) is 79.6 Å². The van der Waals surface area contributed by atoms with Crippen LogP contribution in [0.4, 0.5) is 24.7 Å². The predicted octanol–water partition coefficient (Wildman–Crippen LogP) is 3.93. The average molecular weight is 429 g/mol. The highest BCUT2D eigenvalue weighted by molar-refractivity contribution is 6.33. The number of amides is 1. The number of piperazine rings is 1. The Balaban J connectivity index is 1.70. The number of halogens is 4. The van der Waals surface area contributed by atoms with Crippen molar-refractivity contribution in [2.45, 2.75) is 13.1 Å². The molecule has 0 unspecified atom stereocenters. The molecule has 0 aliphatic carbocycles. The van der Waals surface area contributed by atoms with Crippen LogP contribution < -0.4 is 4.90 Å². The van der Waals surface area contributed by atoms with E-state index in [2.05, 4.69) is 4.98 Å². The Bertz CT molecular complexity index is 960. The van der Waals surface area contributed by atoms with E-state index in [0.717, 1.165) is 12.3 Å². The molecule has 1 aliphatic heterocycles. The first-order valence-corrected chi connectivity index (χ1v) is 8.97. The summed E-state index contributed by atoms with van der Waals surface area (Å²) in [5, 5.41) is 11.0. The molecule has 0 bridgehead atoms. The molecule has 1 saturated heterocycles. The Labute approximate surface area is 168 Å². The normalized spacial score (nSPS) is 14.8. The minimum atomic E-state index is -4.53. The zero-order valence-corrected chi connectivity index (χ0v) is 16.0. The Kier molecular flexibility index (Phi) is 5.65. The van der Waals surface area contributed by atoms with Crippen LogP contribution in [-0.4, -0.2) is 46.9 Å². The number of nitrogens with zero attached hydrogens (tertiary/aromatic N) is 4. The van der Waals surface area contributed by atoms with Gasteiger partial charge in [-0.2, -0.15) is 13.2 Å². The fourth-order valence-corrected chi connectivity index (χ4v) is 3.35. The highest BCUT2D eigenvalue weighted by Gasteiger charge is 2.32. The Hall–Kier alpha value is -2.88. The molecule has 0 N–H and O–H groups in total. The van der Waals surface area contributed by atoms with Crippen LogP contribution in [0.1, 0.15) is 21.5 Å². The summed E-state index contributed by atoms with van der Waals surface area (Å²) in [6.45, 7) is 2.78. The first kappa shape index (κ1) is 20.8. The zero-order chi connectivity index (χ0) is 21.3. The molecular weight excluding hydrogens is 413 g/mol. The highest BCUT2D eigenvalue weighted by atomic mass is 35.5. The lowest BCUT2D eigenvalue weighted by Crippen LogP contribution is -2.49. The lowest BCUT2D eigenvalue weighted by molar-refractivity contribution is -0.385. The number of rotatable bonds is 3. The van der Waals surface area contributed by atoms with E-state index in [9.17, 15) is 28.1 Å². The van der Waals surface area contributed by atoms with E-state index >= 15 is 0 Å². The minimum absolute atomic E-state index is 0.117. The second kappa shape index (κ2) is 7.86. The van der Waals surface area contributed by atoms with Gasteiger partial charge in [0, 0.05) is 49.6 Å². The van der Waals surface area contributed by atoms with Gasteiger partial charge >= 0.3 is 6.18 Å². The van der Waals surface area contributed by atoms with Gasteiger partial charge in [0.2, 0.25) is 0 Å². The second-order valence-electron chi connectivity index (χ2n) is 6.56. The number of aromatic nitrogens is 1. The number of nitro benzene ring substituents is 1. The van der Waals surface area contributed by atoms with Crippen molar-refractivity contribution in [2.24, 2.45) is 0 Å². The predicted molar refractivity (Wildman–Crippen MR) is 100 cm³/mol. The van der Waals surface area contributed by atoms with Crippen LogP contribution in [-0.2, 0) is 6.18 Å². The summed E-state index contributed by atoms with van der Waals surface area (Å²) in [4.78, 5) is 30.3. The Morgan fingerprint density at radius 1 is 1.21 bits per heavy atom. The number of alkyl halides is 3. The van der Waals surface area contributed by atoms with Crippen molar-refractivity contribution in [3.8, 4) is 0 Å². The van der Waals surface area contributed by atoms with Crippen LogP contribution in [0.25, 0.3) is 0 Å². The number of carbonyl (C=O) groups excluding carboxylic acids is 1. The number of nitro groups is 1. The molecule has 2 heterocycles. The third-order valence-corrected chi connectivity index (χ3v) is 4.95. The van der Waals surface area contributed by atoms with Gasteiger partial charge in [0.1, 0.15) is 5.82 Å². The summed E-state index contributed by atoms with van der Waals surface area (Å²) in [5.74, 6) is -0.128. The molecule has 2 aromatic rings. The summed E-state index contributed by atoms with van der Waals surface area (Å²) in [5.41, 5.74) is -0.392. The molecule has 1 aliphatic rings. The van der Waals surface area contributed by atoms with Crippen molar-refractivity contribution in [2.75, 3.05) is 31.1 Å². The number of anilines is 1. The van der Waals surface area contributed by atoms with Gasteiger partial charge in [0.15, 0.2) is 0 Å². The quantitative estimate of drug-likeness (QED) is 0.546. The number of benzene rings is 1. The standard InChI is InChI=1S/C18H16ClF3N4O3/c1-11-2-3-12(8-15(11)26(28)29)17(27)25-6-4-24(5-7-25)16-14(19)9-13(10-23-16)18(20,21)22/h2-3,8-10H,4-7H2,1H3. The fraction of sp³-hybridized carbons (Fsp3) is 0.333. The van der Waals surface area contributed by atoms with Crippen molar-refractivity contribution in [1.82, 2.24) is 9.88 Å². The summed E-state index contributed by atoms with van der Waals surface area (Å²) < 4.78 is 38.2. The third kappa shape index (κ3) is 4.42. The first-order valence-electron chi connectivity index (χ1n) is 8.60. The van der Waals surface area contributed by atoms with Gasteiger partial charge in [0.05, 0.1) is 15.5 Å². The van der Waals surface area contributed by atoms with Crippen LogP contribution in [0, 0.1) is 17.0 Å². The maximum absolute atomic E-state index is 12.7. The van der Waals surface area contributed by atoms with Crippen LogP contribution in [0.5, 0.6) is 0 Å². The van der Waals surface area contributed by atoms with Crippen LogP contribution in [0.15, 0.2) is 30.5 Å². The van der Waals surface area contributed by atoms with E-state index in [1.165, 1.54) is 23.1 Å². The second-order valence-corrected chi connectivity index (χ2v) is 6.97. The maximum atomic E-state index is 12.7. The Morgan fingerprint density at radius 2 is 1.86 bits per heavy atom. The van der Waals surface area contributed by atoms with Gasteiger partial charge in [-0.15, -0.1) is 0 Å². The maximum Gasteiger partial charge on any atom is 0.417 e. The molecule has 1 fully saturated rings. The molecule has 1 aromatic heterocycles. The van der Waals surface area contributed by atoms with Crippen molar-refractivity contribution in [3.63, 3.8) is 0 Å². The smallest absolute Gasteiger partial charge is 0.352 e. The molecule has 154 valence electrons. The number of carbonyl (C=O) groups is 1. The molecule has 0 radical (unpaired) electrons. The van der Waals surface area contributed by atoms with E-state index in [-0.39, 0.29) is 41.1 Å². The Morgan fingerprint density at radius 3 is 2.41 bits per heavy atom. The van der Waals surface area contributed by atoms with Gasteiger partial charge in [0.25, 0.3) is 11.6 Å². The summed E-state index contributed by atoms with van der Waals surface area (Å²) in [6, 6.07) is 5.13. The summed E-state index contributed by atoms with van der Waals surface area (Å²) >= 11 is 5.98. The van der Waals surface area contributed by atoms with Gasteiger partial charge in [-0.05, 0) is 19.1 Å². The lowest BCUT2D eigenvalue weighted by Gasteiger charge is -2.35. The number of hydrogen-bond donors (Lipinski definition) is 0. The van der Waals surface area contributed by atoms with Gasteiger partial charge in [-0.3, -0.25) is 14.9 Å². The zero-order valence-electron chi connectivity index (χ0n) is 15.2. The van der Waals surface area contributed by atoms with E-state index in [1.807, 2.05) is 0 Å². The summed E-state index contributed by atoms with van der Waals surface area (Å²) in [6.07, 6.45) is -3.80. The molecular formula is C18H16ClF3N4O3. The first-order chi connectivity index (χ1) is 13.6. The van der Waals surface area contributed by atoms with E-state index < -0.39 is 16.7 Å². The van der Waals surface area contributed by atoms with Crippen molar-refractivity contribution in [3.05, 3.63) is 62.3 Å². The number of aryl methyl sites for hydroxylation is 1. The van der Waals surface area contributed by atoms with E-state index in [4.69, 9.17) is 11.6 Å². The van der Waals surface area contributed by atoms with Gasteiger partial charge < -0.3 is 9.80 Å². The highest BCUT2D eigenvalue weighted by Crippen LogP contribution is 2.33. The number of pyridine rings is 1. The van der Waals surface area contributed by atoms with Gasteiger partial charge in [-0.1, -0.05) is 17.7 Å². The molecule has 1 aromatic carbocycles.